The van der Waals surface area contributed by atoms with Gasteiger partial charge >= 0.3 is 0 Å². The highest BCUT2D eigenvalue weighted by atomic mass is 19.1. The fourth-order valence-corrected chi connectivity index (χ4v) is 2.14. The van der Waals surface area contributed by atoms with Gasteiger partial charge in [0.05, 0.1) is 11.9 Å². The molecule has 0 bridgehead atoms. The van der Waals surface area contributed by atoms with Gasteiger partial charge in [-0.05, 0) is 30.3 Å². The normalized spacial score (nSPS) is 11.0. The number of phenolic OH excluding ortho intramolecular Hbond substituents is 1. The molecule has 7 heteroatoms. The van der Waals surface area contributed by atoms with E-state index in [1.165, 1.54) is 30.1 Å². The van der Waals surface area contributed by atoms with Crippen LogP contribution in [0.2, 0.25) is 0 Å². The van der Waals surface area contributed by atoms with Crippen molar-refractivity contribution in [1.29, 1.82) is 0 Å². The third kappa shape index (κ3) is 2.35. The fourth-order valence-electron chi connectivity index (χ4n) is 2.14. The smallest absolute Gasteiger partial charge is 0.196 e. The second kappa shape index (κ2) is 5.61. The summed E-state index contributed by atoms with van der Waals surface area (Å²) < 4.78 is 39.4. The molecule has 1 aromatic heterocycles. The predicted molar refractivity (Wildman–Crippen MR) is 75.2 cm³/mol. The van der Waals surface area contributed by atoms with E-state index in [9.17, 15) is 13.9 Å². The average Bonchev–Trinajstić information content (AvgIpc) is 2.92. The van der Waals surface area contributed by atoms with Crippen molar-refractivity contribution in [2.45, 2.75) is 0 Å². The molecule has 0 amide bonds. The van der Waals surface area contributed by atoms with Gasteiger partial charge in [-0.25, -0.2) is 13.5 Å². The first-order valence-corrected chi connectivity index (χ1v) is 6.38. The van der Waals surface area contributed by atoms with Crippen LogP contribution in [0.5, 0.6) is 11.5 Å². The Kier molecular flexibility index (Phi) is 3.64. The Morgan fingerprint density at radius 2 is 1.95 bits per heavy atom. The predicted octanol–water partition coefficient (Wildman–Crippen LogP) is 2.99. The molecule has 0 aliphatic carbocycles. The van der Waals surface area contributed by atoms with Gasteiger partial charge in [0.15, 0.2) is 24.2 Å². The van der Waals surface area contributed by atoms with Crippen molar-refractivity contribution < 1.29 is 23.4 Å². The van der Waals surface area contributed by atoms with Gasteiger partial charge in [-0.2, -0.15) is 5.10 Å². The fraction of sp³-hybridized carbons (Fsp3) is 0.133. The maximum absolute atomic E-state index is 14.6. The largest absolute Gasteiger partial charge is 0.508 e. The monoisotopic (exact) mass is 306 g/mol. The number of aromatic nitrogens is 2. The summed E-state index contributed by atoms with van der Waals surface area (Å²) in [5, 5.41) is 13.7. The highest BCUT2D eigenvalue weighted by Gasteiger charge is 2.19. The summed E-state index contributed by atoms with van der Waals surface area (Å²) in [7, 11) is 1.36. The minimum Gasteiger partial charge on any atom is -0.508 e. The minimum absolute atomic E-state index is 0.0795. The Balaban J connectivity index is 2.18. The Bertz CT molecular complexity index is 816. The summed E-state index contributed by atoms with van der Waals surface area (Å²) in [5.74, 6) is -2.13. The number of methoxy groups -OCH3 is 1. The van der Waals surface area contributed by atoms with Gasteiger partial charge in [0.25, 0.3) is 0 Å². The summed E-state index contributed by atoms with van der Waals surface area (Å²) in [5.41, 5.74) is 0.606. The lowest BCUT2D eigenvalue weighted by Gasteiger charge is -2.10. The van der Waals surface area contributed by atoms with Crippen molar-refractivity contribution in [1.82, 2.24) is 9.78 Å². The van der Waals surface area contributed by atoms with Crippen LogP contribution in [0.4, 0.5) is 8.78 Å². The molecule has 0 aliphatic heterocycles. The first-order valence-electron chi connectivity index (χ1n) is 6.38. The molecule has 0 aliphatic rings. The quantitative estimate of drug-likeness (QED) is 0.753. The van der Waals surface area contributed by atoms with Gasteiger partial charge in [-0.15, -0.1) is 0 Å². The van der Waals surface area contributed by atoms with E-state index in [0.717, 1.165) is 6.07 Å². The highest BCUT2D eigenvalue weighted by Crippen LogP contribution is 2.31. The molecule has 0 spiro atoms. The number of hydrogen-bond acceptors (Lipinski definition) is 4. The molecule has 1 N–H and O–H groups in total. The van der Waals surface area contributed by atoms with Crippen LogP contribution >= 0.6 is 0 Å². The molecule has 0 saturated heterocycles. The molecule has 2 aromatic carbocycles. The van der Waals surface area contributed by atoms with Gasteiger partial charge < -0.3 is 14.6 Å². The maximum atomic E-state index is 14.6. The Labute approximate surface area is 124 Å². The molecule has 0 radical (unpaired) electrons. The summed E-state index contributed by atoms with van der Waals surface area (Å²) in [6.45, 7) is -0.271. The number of halogens is 2. The lowest BCUT2D eigenvalue weighted by molar-refractivity contribution is 0.0455. The van der Waals surface area contributed by atoms with Crippen molar-refractivity contribution in [2.24, 2.45) is 0 Å². The maximum Gasteiger partial charge on any atom is 0.196 e. The molecule has 3 rings (SSSR count). The average molecular weight is 306 g/mol. The second-order valence-electron chi connectivity index (χ2n) is 4.56. The van der Waals surface area contributed by atoms with Gasteiger partial charge in [-0.3, -0.25) is 0 Å². The van der Waals surface area contributed by atoms with E-state index < -0.39 is 17.4 Å². The van der Waals surface area contributed by atoms with Crippen LogP contribution in [0.15, 0.2) is 36.5 Å². The molecule has 1 heterocycles. The number of phenols is 1. The molecule has 114 valence electrons. The van der Waals surface area contributed by atoms with Crippen molar-refractivity contribution in [3.63, 3.8) is 0 Å². The summed E-state index contributed by atoms with van der Waals surface area (Å²) in [4.78, 5) is 0. The van der Waals surface area contributed by atoms with E-state index in [0.29, 0.717) is 11.1 Å². The second-order valence-corrected chi connectivity index (χ2v) is 4.56. The lowest BCUT2D eigenvalue weighted by atomic mass is 10.2. The van der Waals surface area contributed by atoms with Gasteiger partial charge in [0.2, 0.25) is 0 Å². The number of hydrogen-bond donors (Lipinski definition) is 1. The van der Waals surface area contributed by atoms with Gasteiger partial charge in [0.1, 0.15) is 11.3 Å². The summed E-state index contributed by atoms with van der Waals surface area (Å²) in [6, 6.07) is 7.19. The molecule has 0 unspecified atom stereocenters. The zero-order chi connectivity index (χ0) is 15.7. The zero-order valence-corrected chi connectivity index (χ0v) is 11.6. The first-order chi connectivity index (χ1) is 10.6. The van der Waals surface area contributed by atoms with Crippen molar-refractivity contribution >= 4 is 10.9 Å². The van der Waals surface area contributed by atoms with E-state index >= 15 is 0 Å². The molecule has 0 atom stereocenters. The highest BCUT2D eigenvalue weighted by molar-refractivity contribution is 5.82. The third-order valence-electron chi connectivity index (χ3n) is 3.12. The third-order valence-corrected chi connectivity index (χ3v) is 3.12. The van der Waals surface area contributed by atoms with Crippen molar-refractivity contribution in [3.8, 4) is 17.2 Å². The molecule has 0 fully saturated rings. The van der Waals surface area contributed by atoms with Crippen LogP contribution in [0, 0.1) is 11.6 Å². The number of ether oxygens (including phenoxy) is 2. The minimum atomic E-state index is -0.863. The van der Waals surface area contributed by atoms with E-state index in [-0.39, 0.29) is 18.1 Å². The molecule has 3 aromatic rings. The van der Waals surface area contributed by atoms with Crippen LogP contribution < -0.4 is 4.74 Å². The van der Waals surface area contributed by atoms with E-state index in [1.54, 1.807) is 12.1 Å². The topological polar surface area (TPSA) is 56.5 Å². The number of nitrogens with zero attached hydrogens (tertiary/aromatic N) is 2. The van der Waals surface area contributed by atoms with Crippen LogP contribution in [-0.4, -0.2) is 28.8 Å². The number of aromatic hydroxyl groups is 1. The van der Waals surface area contributed by atoms with E-state index in [4.69, 9.17) is 4.74 Å². The first kappa shape index (κ1) is 14.3. The Hall–Kier alpha value is -2.67. The Morgan fingerprint density at radius 3 is 2.64 bits per heavy atom. The molecular weight excluding hydrogens is 294 g/mol. The van der Waals surface area contributed by atoms with Crippen LogP contribution in [0.1, 0.15) is 0 Å². The van der Waals surface area contributed by atoms with Crippen LogP contribution in [0.25, 0.3) is 16.6 Å². The molecule has 0 saturated carbocycles. The van der Waals surface area contributed by atoms with Crippen LogP contribution in [0.3, 0.4) is 0 Å². The Morgan fingerprint density at radius 1 is 1.23 bits per heavy atom. The van der Waals surface area contributed by atoms with E-state index in [1.807, 2.05) is 0 Å². The molecular formula is C15H12F2N2O3. The summed E-state index contributed by atoms with van der Waals surface area (Å²) in [6.07, 6.45) is 1.36. The number of fused-ring (bicyclic) bond motifs is 1. The summed E-state index contributed by atoms with van der Waals surface area (Å²) >= 11 is 0. The van der Waals surface area contributed by atoms with Gasteiger partial charge in [0, 0.05) is 12.5 Å². The van der Waals surface area contributed by atoms with Crippen LogP contribution in [-0.2, 0) is 4.74 Å². The zero-order valence-electron chi connectivity index (χ0n) is 11.6. The van der Waals surface area contributed by atoms with Crippen molar-refractivity contribution in [3.05, 3.63) is 48.2 Å². The van der Waals surface area contributed by atoms with Crippen molar-refractivity contribution in [2.75, 3.05) is 13.9 Å². The number of benzene rings is 2. The number of rotatable bonds is 4. The standard InChI is InChI=1S/C15H12F2N2O3/c1-21-8-22-15-12(16)6-9-7-18-19(14(9)13(15)17)10-2-4-11(20)5-3-10/h2-7,20H,8H2,1H3. The lowest BCUT2D eigenvalue weighted by Crippen LogP contribution is -2.05. The molecule has 5 nitrogen and oxygen atoms in total. The molecule has 22 heavy (non-hydrogen) atoms. The van der Waals surface area contributed by atoms with E-state index in [2.05, 4.69) is 9.84 Å². The SMILES string of the molecule is COCOc1c(F)cc2cnn(-c3ccc(O)cc3)c2c1F. The van der Waals surface area contributed by atoms with Gasteiger partial charge in [-0.1, -0.05) is 0 Å².